The zero-order chi connectivity index (χ0) is 14.3. The minimum absolute atomic E-state index is 0.0499. The van der Waals surface area contributed by atoms with Crippen molar-refractivity contribution in [2.45, 2.75) is 39.3 Å². The zero-order valence-corrected chi connectivity index (χ0v) is 12.0. The highest BCUT2D eigenvalue weighted by molar-refractivity contribution is 5.76. The lowest BCUT2D eigenvalue weighted by Crippen LogP contribution is -2.43. The number of rotatable bonds is 8. The van der Waals surface area contributed by atoms with Gasteiger partial charge >= 0.3 is 0 Å². The third kappa shape index (κ3) is 4.55. The SMILES string of the molecule is CCC(CC)N(CCOC)C(=O)Cn1ccc(N)n1. The van der Waals surface area contributed by atoms with Crippen LogP contribution in [0.4, 0.5) is 5.82 Å². The van der Waals surface area contributed by atoms with Crippen LogP contribution in [0.3, 0.4) is 0 Å². The Balaban J connectivity index is 2.69. The van der Waals surface area contributed by atoms with Gasteiger partial charge < -0.3 is 15.4 Å². The molecule has 0 aliphatic carbocycles. The molecule has 1 aromatic heterocycles. The molecular formula is C13H24N4O2. The molecule has 1 aromatic rings. The molecule has 0 aliphatic heterocycles. The van der Waals surface area contributed by atoms with Gasteiger partial charge in [-0.05, 0) is 18.9 Å². The van der Waals surface area contributed by atoms with E-state index in [9.17, 15) is 4.79 Å². The van der Waals surface area contributed by atoms with E-state index in [0.29, 0.717) is 19.0 Å². The Labute approximate surface area is 114 Å². The monoisotopic (exact) mass is 268 g/mol. The fourth-order valence-electron chi connectivity index (χ4n) is 2.12. The highest BCUT2D eigenvalue weighted by Crippen LogP contribution is 2.10. The number of ether oxygens (including phenoxy) is 1. The largest absolute Gasteiger partial charge is 0.383 e. The molecule has 0 unspecified atom stereocenters. The maximum absolute atomic E-state index is 12.4. The van der Waals surface area contributed by atoms with Gasteiger partial charge in [0.25, 0.3) is 0 Å². The summed E-state index contributed by atoms with van der Waals surface area (Å²) in [7, 11) is 1.64. The highest BCUT2D eigenvalue weighted by Gasteiger charge is 2.21. The molecule has 0 saturated carbocycles. The van der Waals surface area contributed by atoms with E-state index in [1.54, 1.807) is 24.1 Å². The lowest BCUT2D eigenvalue weighted by atomic mass is 10.1. The van der Waals surface area contributed by atoms with E-state index in [1.807, 2.05) is 4.90 Å². The third-order valence-corrected chi connectivity index (χ3v) is 3.20. The molecule has 108 valence electrons. The summed E-state index contributed by atoms with van der Waals surface area (Å²) >= 11 is 0. The van der Waals surface area contributed by atoms with Crippen LogP contribution in [0.15, 0.2) is 12.3 Å². The second-order valence-electron chi connectivity index (χ2n) is 4.49. The average molecular weight is 268 g/mol. The van der Waals surface area contributed by atoms with Crippen molar-refractivity contribution in [2.75, 3.05) is 26.0 Å². The minimum Gasteiger partial charge on any atom is -0.383 e. The van der Waals surface area contributed by atoms with Crippen LogP contribution >= 0.6 is 0 Å². The third-order valence-electron chi connectivity index (χ3n) is 3.20. The van der Waals surface area contributed by atoms with Gasteiger partial charge in [0.2, 0.25) is 5.91 Å². The van der Waals surface area contributed by atoms with Crippen LogP contribution in [0, 0.1) is 0 Å². The fourth-order valence-corrected chi connectivity index (χ4v) is 2.12. The van der Waals surface area contributed by atoms with Crippen molar-refractivity contribution in [1.29, 1.82) is 0 Å². The highest BCUT2D eigenvalue weighted by atomic mass is 16.5. The van der Waals surface area contributed by atoms with Gasteiger partial charge in [-0.15, -0.1) is 0 Å². The van der Waals surface area contributed by atoms with E-state index in [-0.39, 0.29) is 18.5 Å². The van der Waals surface area contributed by atoms with E-state index in [2.05, 4.69) is 18.9 Å². The number of nitrogen functional groups attached to an aromatic ring is 1. The molecule has 2 N–H and O–H groups in total. The molecule has 6 heteroatoms. The summed E-state index contributed by atoms with van der Waals surface area (Å²) in [5.74, 6) is 0.479. The number of carbonyl (C=O) groups is 1. The van der Waals surface area contributed by atoms with E-state index >= 15 is 0 Å². The molecule has 1 heterocycles. The molecule has 19 heavy (non-hydrogen) atoms. The summed E-state index contributed by atoms with van der Waals surface area (Å²) in [4.78, 5) is 14.2. The van der Waals surface area contributed by atoms with Crippen LogP contribution in [-0.2, 0) is 16.1 Å². The normalized spacial score (nSPS) is 10.9. The lowest BCUT2D eigenvalue weighted by Gasteiger charge is -2.30. The molecule has 0 fully saturated rings. The first-order chi connectivity index (χ1) is 9.12. The Morgan fingerprint density at radius 1 is 1.53 bits per heavy atom. The number of hydrogen-bond acceptors (Lipinski definition) is 4. The summed E-state index contributed by atoms with van der Waals surface area (Å²) in [6, 6.07) is 1.93. The topological polar surface area (TPSA) is 73.4 Å². The van der Waals surface area contributed by atoms with E-state index in [1.165, 1.54) is 0 Å². The zero-order valence-electron chi connectivity index (χ0n) is 12.0. The molecular weight excluding hydrogens is 244 g/mol. The van der Waals surface area contributed by atoms with E-state index < -0.39 is 0 Å². The summed E-state index contributed by atoms with van der Waals surface area (Å²) in [5.41, 5.74) is 5.55. The Hall–Kier alpha value is -1.56. The van der Waals surface area contributed by atoms with Gasteiger partial charge in [0.15, 0.2) is 0 Å². The Morgan fingerprint density at radius 2 is 2.21 bits per heavy atom. The summed E-state index contributed by atoms with van der Waals surface area (Å²) < 4.78 is 6.65. The fraction of sp³-hybridized carbons (Fsp3) is 0.692. The van der Waals surface area contributed by atoms with Crippen LogP contribution in [0.25, 0.3) is 0 Å². The van der Waals surface area contributed by atoms with Crippen molar-refractivity contribution in [3.63, 3.8) is 0 Å². The minimum atomic E-state index is 0.0499. The average Bonchev–Trinajstić information content (AvgIpc) is 2.79. The first-order valence-electron chi connectivity index (χ1n) is 6.69. The molecule has 0 radical (unpaired) electrons. The molecule has 1 amide bonds. The number of nitrogens with two attached hydrogens (primary N) is 1. The van der Waals surface area contributed by atoms with Crippen LogP contribution in [0.5, 0.6) is 0 Å². The Kier molecular flexibility index (Phi) is 6.35. The van der Waals surface area contributed by atoms with Gasteiger partial charge in [0.05, 0.1) is 6.61 Å². The number of hydrogen-bond donors (Lipinski definition) is 1. The number of aromatic nitrogens is 2. The molecule has 0 saturated heterocycles. The van der Waals surface area contributed by atoms with Gasteiger partial charge in [-0.25, -0.2) is 0 Å². The van der Waals surface area contributed by atoms with Gasteiger partial charge in [-0.1, -0.05) is 13.8 Å². The van der Waals surface area contributed by atoms with Crippen molar-refractivity contribution in [1.82, 2.24) is 14.7 Å². The second-order valence-corrected chi connectivity index (χ2v) is 4.49. The van der Waals surface area contributed by atoms with Gasteiger partial charge in [-0.3, -0.25) is 9.48 Å². The van der Waals surface area contributed by atoms with Crippen LogP contribution in [0.2, 0.25) is 0 Å². The quantitative estimate of drug-likeness (QED) is 0.767. The molecule has 1 rings (SSSR count). The standard InChI is InChI=1S/C13H24N4O2/c1-4-11(5-2)17(8-9-19-3)13(18)10-16-7-6-12(14)15-16/h6-7,11H,4-5,8-10H2,1-3H3,(H2,14,15). The first-order valence-corrected chi connectivity index (χ1v) is 6.69. The van der Waals surface area contributed by atoms with Gasteiger partial charge in [0, 0.05) is 25.9 Å². The van der Waals surface area contributed by atoms with E-state index in [0.717, 1.165) is 12.8 Å². The molecule has 0 aliphatic rings. The van der Waals surface area contributed by atoms with E-state index in [4.69, 9.17) is 10.5 Å². The van der Waals surface area contributed by atoms with Crippen molar-refractivity contribution in [2.24, 2.45) is 0 Å². The number of methoxy groups -OCH3 is 1. The van der Waals surface area contributed by atoms with Crippen molar-refractivity contribution in [3.05, 3.63) is 12.3 Å². The van der Waals surface area contributed by atoms with Crippen LogP contribution < -0.4 is 5.73 Å². The number of anilines is 1. The summed E-state index contributed by atoms with van der Waals surface area (Å²) in [6.45, 7) is 5.56. The molecule has 0 bridgehead atoms. The predicted octanol–water partition coefficient (Wildman–Crippen LogP) is 1.13. The molecule has 0 atom stereocenters. The molecule has 0 aromatic carbocycles. The maximum atomic E-state index is 12.4. The van der Waals surface area contributed by atoms with Gasteiger partial charge in [0.1, 0.15) is 12.4 Å². The number of amides is 1. The maximum Gasteiger partial charge on any atom is 0.244 e. The first kappa shape index (κ1) is 15.5. The Morgan fingerprint density at radius 3 is 2.68 bits per heavy atom. The lowest BCUT2D eigenvalue weighted by molar-refractivity contribution is -0.135. The summed E-state index contributed by atoms with van der Waals surface area (Å²) in [6.07, 6.45) is 3.59. The second kappa shape index (κ2) is 7.78. The molecule has 6 nitrogen and oxygen atoms in total. The smallest absolute Gasteiger partial charge is 0.244 e. The summed E-state index contributed by atoms with van der Waals surface area (Å²) in [5, 5.41) is 4.04. The number of nitrogens with zero attached hydrogens (tertiary/aromatic N) is 3. The Bertz CT molecular complexity index is 388. The van der Waals surface area contributed by atoms with Crippen molar-refractivity contribution < 1.29 is 9.53 Å². The predicted molar refractivity (Wildman–Crippen MR) is 74.6 cm³/mol. The van der Waals surface area contributed by atoms with Gasteiger partial charge in [-0.2, -0.15) is 5.10 Å². The number of carbonyl (C=O) groups excluding carboxylic acids is 1. The van der Waals surface area contributed by atoms with Crippen molar-refractivity contribution >= 4 is 11.7 Å². The van der Waals surface area contributed by atoms with Crippen molar-refractivity contribution in [3.8, 4) is 0 Å². The molecule has 0 spiro atoms. The van der Waals surface area contributed by atoms with Crippen LogP contribution in [-0.4, -0.2) is 46.9 Å². The van der Waals surface area contributed by atoms with Crippen LogP contribution in [0.1, 0.15) is 26.7 Å².